The molecule has 3 N–H and O–H groups in total. The second-order valence-corrected chi connectivity index (χ2v) is 12.5. The van der Waals surface area contributed by atoms with Gasteiger partial charge in [0.05, 0.1) is 5.41 Å². The lowest BCUT2D eigenvalue weighted by molar-refractivity contribution is -0.142. The number of pyridine rings is 1. The molecule has 218 valence electrons. The van der Waals surface area contributed by atoms with Crippen molar-refractivity contribution in [1.29, 1.82) is 5.41 Å². The average Bonchev–Trinajstić information content (AvgIpc) is 3.43. The summed E-state index contributed by atoms with van der Waals surface area (Å²) in [5.74, 6) is 0.111. The van der Waals surface area contributed by atoms with Crippen molar-refractivity contribution in [3.05, 3.63) is 88.6 Å². The van der Waals surface area contributed by atoms with E-state index in [9.17, 15) is 14.4 Å². The molecule has 1 atom stereocenters. The lowest BCUT2D eigenvalue weighted by atomic mass is 9.79. The molecule has 6 rings (SSSR count). The number of hydrogen-bond donors (Lipinski definition) is 3. The van der Waals surface area contributed by atoms with Crippen LogP contribution in [-0.2, 0) is 39.2 Å². The molecule has 3 amide bonds. The van der Waals surface area contributed by atoms with Gasteiger partial charge in [0.25, 0.3) is 0 Å². The zero-order valence-electron chi connectivity index (χ0n) is 24.6. The lowest BCUT2D eigenvalue weighted by Gasteiger charge is -2.29. The summed E-state index contributed by atoms with van der Waals surface area (Å²) in [6.45, 7) is 5.58. The number of amides is 3. The van der Waals surface area contributed by atoms with E-state index in [1.807, 2.05) is 75.4 Å². The Morgan fingerprint density at radius 3 is 2.43 bits per heavy atom. The van der Waals surface area contributed by atoms with Gasteiger partial charge in [-0.3, -0.25) is 14.4 Å². The Morgan fingerprint density at radius 2 is 1.74 bits per heavy atom. The average molecular weight is 566 g/mol. The highest BCUT2D eigenvalue weighted by atomic mass is 16.2. The molecular formula is C34H39N5O3. The number of carbonyl (C=O) groups is 3. The van der Waals surface area contributed by atoms with Crippen LogP contribution in [0.3, 0.4) is 0 Å². The third kappa shape index (κ3) is 5.98. The van der Waals surface area contributed by atoms with E-state index in [0.717, 1.165) is 22.3 Å². The molecule has 1 aliphatic heterocycles. The van der Waals surface area contributed by atoms with E-state index in [1.165, 1.54) is 36.8 Å². The molecule has 2 aliphatic carbocycles. The molecule has 1 unspecified atom stereocenters. The summed E-state index contributed by atoms with van der Waals surface area (Å²) in [5, 5.41) is 13.5. The van der Waals surface area contributed by atoms with Crippen LogP contribution in [0.15, 0.2) is 60.8 Å². The van der Waals surface area contributed by atoms with E-state index in [0.29, 0.717) is 29.9 Å². The smallest absolute Gasteiger partial charge is 0.244 e. The first-order valence-electron chi connectivity index (χ1n) is 14.7. The van der Waals surface area contributed by atoms with Crippen LogP contribution < -0.4 is 10.6 Å². The topological polar surface area (TPSA) is 115 Å². The monoisotopic (exact) mass is 565 g/mol. The number of anilines is 2. The number of nitrogens with one attached hydrogen (secondary N) is 3. The van der Waals surface area contributed by atoms with Gasteiger partial charge < -0.3 is 20.9 Å². The van der Waals surface area contributed by atoms with Crippen LogP contribution >= 0.6 is 0 Å². The first kappa shape index (κ1) is 29.2. The van der Waals surface area contributed by atoms with Crippen LogP contribution in [0.5, 0.6) is 0 Å². The van der Waals surface area contributed by atoms with Gasteiger partial charge in [-0.15, -0.1) is 0 Å². The number of benzene rings is 2. The third-order valence-electron chi connectivity index (χ3n) is 8.30. The van der Waals surface area contributed by atoms with E-state index < -0.39 is 10.8 Å². The maximum atomic E-state index is 13.2. The Hall–Kier alpha value is -4.33. The summed E-state index contributed by atoms with van der Waals surface area (Å²) in [5.41, 5.74) is 3.79. The molecule has 1 spiro atoms. The molecule has 0 bridgehead atoms. The number of aromatic nitrogens is 1. The summed E-state index contributed by atoms with van der Waals surface area (Å²) in [7, 11) is 0. The van der Waals surface area contributed by atoms with Gasteiger partial charge in [-0.05, 0) is 53.3 Å². The third-order valence-corrected chi connectivity index (χ3v) is 8.30. The summed E-state index contributed by atoms with van der Waals surface area (Å²) in [6, 6.07) is 16.9. The largest absolute Gasteiger partial charge is 0.329 e. The molecular weight excluding hydrogens is 526 g/mol. The molecule has 1 fully saturated rings. The standard InChI is InChI=1S/C30H31N5O3.C4H8/c1-29(2,3)28(38)35(17-21-8-5-4-7-20(21)16-31)18-25(36)33-23-11-10-19-14-30(15-22(19)13-23)24-9-6-12-32-26(24)34-27(30)37;1-2-4-3-1/h4-13,16,31H,14-15,17-18H2,1-3H3,(H,33,36)(H,32,34,37);1-4H2. The molecule has 2 aromatic carbocycles. The molecule has 8 nitrogen and oxygen atoms in total. The van der Waals surface area contributed by atoms with E-state index in [-0.39, 0.29) is 30.8 Å². The van der Waals surface area contributed by atoms with Crippen LogP contribution in [0.2, 0.25) is 0 Å². The Kier molecular flexibility index (Phi) is 8.25. The van der Waals surface area contributed by atoms with Crippen molar-refractivity contribution >= 4 is 35.4 Å². The highest BCUT2D eigenvalue weighted by Crippen LogP contribution is 2.46. The minimum atomic E-state index is -0.674. The lowest BCUT2D eigenvalue weighted by Crippen LogP contribution is -2.43. The van der Waals surface area contributed by atoms with Crippen molar-refractivity contribution in [3.63, 3.8) is 0 Å². The molecule has 0 radical (unpaired) electrons. The van der Waals surface area contributed by atoms with Gasteiger partial charge in [-0.1, -0.05) is 82.9 Å². The van der Waals surface area contributed by atoms with Crippen molar-refractivity contribution < 1.29 is 14.4 Å². The molecule has 3 aliphatic rings. The van der Waals surface area contributed by atoms with E-state index in [1.54, 1.807) is 6.20 Å². The number of carbonyl (C=O) groups excluding carboxylic acids is 3. The first-order chi connectivity index (χ1) is 20.1. The molecule has 1 saturated carbocycles. The molecule has 1 aromatic heterocycles. The fraction of sp³-hybridized carbons (Fsp3) is 0.382. The minimum absolute atomic E-state index is 0.0467. The second-order valence-electron chi connectivity index (χ2n) is 12.5. The molecule has 2 heterocycles. The van der Waals surface area contributed by atoms with Gasteiger partial charge in [0, 0.05) is 35.6 Å². The van der Waals surface area contributed by atoms with Crippen molar-refractivity contribution in [1.82, 2.24) is 9.88 Å². The predicted molar refractivity (Wildman–Crippen MR) is 165 cm³/mol. The van der Waals surface area contributed by atoms with Gasteiger partial charge in [0.2, 0.25) is 17.7 Å². The Bertz CT molecular complexity index is 1520. The summed E-state index contributed by atoms with van der Waals surface area (Å²) in [6.07, 6.45) is 10.0. The van der Waals surface area contributed by atoms with Gasteiger partial charge in [0.15, 0.2) is 0 Å². The minimum Gasteiger partial charge on any atom is -0.329 e. The van der Waals surface area contributed by atoms with Crippen LogP contribution in [0.25, 0.3) is 0 Å². The van der Waals surface area contributed by atoms with Crippen molar-refractivity contribution in [2.75, 3.05) is 17.2 Å². The molecule has 42 heavy (non-hydrogen) atoms. The Morgan fingerprint density at radius 1 is 1.02 bits per heavy atom. The highest BCUT2D eigenvalue weighted by Gasteiger charge is 2.51. The first-order valence-corrected chi connectivity index (χ1v) is 14.7. The summed E-state index contributed by atoms with van der Waals surface area (Å²) in [4.78, 5) is 45.2. The van der Waals surface area contributed by atoms with E-state index in [4.69, 9.17) is 5.41 Å². The van der Waals surface area contributed by atoms with Crippen molar-refractivity contribution in [2.24, 2.45) is 5.41 Å². The van der Waals surface area contributed by atoms with Gasteiger partial charge in [-0.2, -0.15) is 0 Å². The summed E-state index contributed by atoms with van der Waals surface area (Å²) < 4.78 is 0. The molecule has 3 aromatic rings. The second kappa shape index (κ2) is 11.9. The Labute approximate surface area is 247 Å². The maximum absolute atomic E-state index is 13.2. The fourth-order valence-electron chi connectivity index (χ4n) is 5.67. The van der Waals surface area contributed by atoms with Crippen LogP contribution in [0, 0.1) is 10.8 Å². The van der Waals surface area contributed by atoms with E-state index in [2.05, 4.69) is 15.6 Å². The van der Waals surface area contributed by atoms with Crippen LogP contribution in [0.4, 0.5) is 11.5 Å². The van der Waals surface area contributed by atoms with Gasteiger partial charge >= 0.3 is 0 Å². The van der Waals surface area contributed by atoms with Gasteiger partial charge in [-0.25, -0.2) is 4.98 Å². The zero-order chi connectivity index (χ0) is 29.9. The highest BCUT2D eigenvalue weighted by molar-refractivity contribution is 6.06. The quantitative estimate of drug-likeness (QED) is 0.336. The van der Waals surface area contributed by atoms with Gasteiger partial charge in [0.1, 0.15) is 12.4 Å². The predicted octanol–water partition coefficient (Wildman–Crippen LogP) is 5.64. The number of nitrogens with zero attached hydrogens (tertiary/aromatic N) is 2. The number of hydrogen-bond acceptors (Lipinski definition) is 5. The fourth-order valence-corrected chi connectivity index (χ4v) is 5.67. The van der Waals surface area contributed by atoms with Crippen LogP contribution in [0.1, 0.15) is 74.3 Å². The van der Waals surface area contributed by atoms with Crippen LogP contribution in [-0.4, -0.2) is 40.4 Å². The number of fused-ring (bicyclic) bond motifs is 3. The maximum Gasteiger partial charge on any atom is 0.244 e. The molecule has 8 heteroatoms. The SMILES string of the molecule is C1CCC1.CC(C)(C)C(=O)N(CC(=O)Nc1ccc2c(c1)CC1(C2)C(=O)Nc2ncccc21)Cc1ccccc1C=N. The van der Waals surface area contributed by atoms with Crippen molar-refractivity contribution in [2.45, 2.75) is 71.3 Å². The summed E-state index contributed by atoms with van der Waals surface area (Å²) >= 11 is 0. The van der Waals surface area contributed by atoms with E-state index >= 15 is 0 Å². The normalized spacial score (nSPS) is 18.1. The zero-order valence-corrected chi connectivity index (χ0v) is 24.6. The molecule has 0 saturated heterocycles. The van der Waals surface area contributed by atoms with Crippen molar-refractivity contribution in [3.8, 4) is 0 Å². The Balaban J connectivity index is 0.000000813. The number of rotatable bonds is 6.